The highest BCUT2D eigenvalue weighted by Gasteiger charge is 2.22. The number of amides is 1. The summed E-state index contributed by atoms with van der Waals surface area (Å²) in [6.45, 7) is 4.95. The minimum absolute atomic E-state index is 0. The van der Waals surface area contributed by atoms with E-state index in [2.05, 4.69) is 10.2 Å². The first-order chi connectivity index (χ1) is 9.08. The third-order valence-corrected chi connectivity index (χ3v) is 3.65. The Kier molecular flexibility index (Phi) is 6.30. The Morgan fingerprint density at radius 2 is 1.95 bits per heavy atom. The molecule has 0 aromatic heterocycles. The van der Waals surface area contributed by atoms with Gasteiger partial charge in [-0.05, 0) is 51.3 Å². The lowest BCUT2D eigenvalue weighted by molar-refractivity contribution is -0.0160. The van der Waals surface area contributed by atoms with Crippen molar-refractivity contribution in [3.8, 4) is 0 Å². The van der Waals surface area contributed by atoms with E-state index >= 15 is 0 Å². The molecule has 1 aliphatic rings. The van der Waals surface area contributed by atoms with Crippen LogP contribution in [-0.2, 0) is 4.74 Å². The Bertz CT molecular complexity index is 445. The standard InChI is InChI=1S/C15H22N2O2.ClH/c1-11-7-6-8-12(2)14(11)16-15(18)19-13-9-4-5-10-17(13)3;/h6-8,13H,4-5,9-10H2,1-3H3,(H,16,18);1H. The number of para-hydroxylation sites is 1. The molecule has 1 amide bonds. The van der Waals surface area contributed by atoms with E-state index in [1.807, 2.05) is 39.1 Å². The van der Waals surface area contributed by atoms with Crippen LogP contribution in [0.15, 0.2) is 18.2 Å². The molecule has 0 aliphatic carbocycles. The van der Waals surface area contributed by atoms with Crippen molar-refractivity contribution < 1.29 is 9.53 Å². The fraction of sp³-hybridized carbons (Fsp3) is 0.533. The van der Waals surface area contributed by atoms with Crippen LogP contribution in [0.4, 0.5) is 10.5 Å². The number of piperidine rings is 1. The summed E-state index contributed by atoms with van der Waals surface area (Å²) in [5.74, 6) is 0. The topological polar surface area (TPSA) is 41.6 Å². The van der Waals surface area contributed by atoms with Gasteiger partial charge < -0.3 is 4.74 Å². The molecule has 112 valence electrons. The molecule has 2 rings (SSSR count). The van der Waals surface area contributed by atoms with Gasteiger partial charge in [0.25, 0.3) is 0 Å². The number of ether oxygens (including phenoxy) is 1. The summed E-state index contributed by atoms with van der Waals surface area (Å²) in [4.78, 5) is 14.1. The number of benzene rings is 1. The van der Waals surface area contributed by atoms with Crippen molar-refractivity contribution >= 4 is 24.2 Å². The third-order valence-electron chi connectivity index (χ3n) is 3.65. The zero-order chi connectivity index (χ0) is 13.8. The number of rotatable bonds is 2. The first-order valence-corrected chi connectivity index (χ1v) is 6.82. The lowest BCUT2D eigenvalue weighted by atomic mass is 10.1. The zero-order valence-electron chi connectivity index (χ0n) is 12.3. The molecule has 0 saturated carbocycles. The number of nitrogens with one attached hydrogen (secondary N) is 1. The van der Waals surface area contributed by atoms with Gasteiger partial charge in [0.1, 0.15) is 0 Å². The molecule has 1 N–H and O–H groups in total. The quantitative estimate of drug-likeness (QED) is 0.905. The van der Waals surface area contributed by atoms with Gasteiger partial charge in [-0.1, -0.05) is 18.2 Å². The van der Waals surface area contributed by atoms with Gasteiger partial charge in [-0.3, -0.25) is 10.2 Å². The van der Waals surface area contributed by atoms with Crippen LogP contribution in [0.5, 0.6) is 0 Å². The molecule has 0 radical (unpaired) electrons. The van der Waals surface area contributed by atoms with Crippen LogP contribution >= 0.6 is 12.4 Å². The number of hydrogen-bond donors (Lipinski definition) is 1. The van der Waals surface area contributed by atoms with Gasteiger partial charge in [0.2, 0.25) is 0 Å². The summed E-state index contributed by atoms with van der Waals surface area (Å²) in [6, 6.07) is 5.95. The lowest BCUT2D eigenvalue weighted by Gasteiger charge is -2.31. The molecular formula is C15H23ClN2O2. The van der Waals surface area contributed by atoms with Crippen molar-refractivity contribution in [2.45, 2.75) is 39.3 Å². The maximum absolute atomic E-state index is 12.0. The highest BCUT2D eigenvalue weighted by Crippen LogP contribution is 2.21. The number of aryl methyl sites for hydroxylation is 2. The number of hydrogen-bond acceptors (Lipinski definition) is 3. The molecule has 1 saturated heterocycles. The lowest BCUT2D eigenvalue weighted by Crippen LogP contribution is -2.40. The molecule has 0 bridgehead atoms. The smallest absolute Gasteiger partial charge is 0.413 e. The molecule has 5 heteroatoms. The van der Waals surface area contributed by atoms with Gasteiger partial charge in [-0.15, -0.1) is 12.4 Å². The molecule has 1 atom stereocenters. The molecule has 1 aromatic carbocycles. The second kappa shape index (κ2) is 7.50. The Morgan fingerprint density at radius 3 is 2.55 bits per heavy atom. The predicted molar refractivity (Wildman–Crippen MR) is 83.5 cm³/mol. The van der Waals surface area contributed by atoms with Gasteiger partial charge in [0, 0.05) is 12.2 Å². The van der Waals surface area contributed by atoms with Crippen LogP contribution in [0.25, 0.3) is 0 Å². The number of likely N-dealkylation sites (tertiary alicyclic amines) is 1. The monoisotopic (exact) mass is 298 g/mol. The number of nitrogens with zero attached hydrogens (tertiary/aromatic N) is 1. The number of anilines is 1. The van der Waals surface area contributed by atoms with Gasteiger partial charge in [-0.25, -0.2) is 4.79 Å². The Labute approximate surface area is 126 Å². The molecule has 1 heterocycles. The van der Waals surface area contributed by atoms with Crippen molar-refractivity contribution in [1.29, 1.82) is 0 Å². The second-order valence-electron chi connectivity index (χ2n) is 5.23. The van der Waals surface area contributed by atoms with E-state index in [-0.39, 0.29) is 24.7 Å². The zero-order valence-corrected chi connectivity index (χ0v) is 13.1. The summed E-state index contributed by atoms with van der Waals surface area (Å²) in [5, 5.41) is 2.86. The first-order valence-electron chi connectivity index (χ1n) is 6.82. The van der Waals surface area contributed by atoms with Crippen LogP contribution < -0.4 is 5.32 Å². The molecule has 0 spiro atoms. The van der Waals surface area contributed by atoms with Crippen LogP contribution in [0.2, 0.25) is 0 Å². The van der Waals surface area contributed by atoms with E-state index in [1.165, 1.54) is 6.42 Å². The van der Waals surface area contributed by atoms with Crippen LogP contribution in [-0.4, -0.2) is 30.8 Å². The highest BCUT2D eigenvalue weighted by atomic mass is 35.5. The maximum Gasteiger partial charge on any atom is 0.413 e. The minimum atomic E-state index is -0.365. The van der Waals surface area contributed by atoms with Crippen molar-refractivity contribution in [2.24, 2.45) is 0 Å². The minimum Gasteiger partial charge on any atom is -0.430 e. The van der Waals surface area contributed by atoms with E-state index < -0.39 is 0 Å². The molecule has 1 fully saturated rings. The van der Waals surface area contributed by atoms with Crippen LogP contribution in [0.3, 0.4) is 0 Å². The SMILES string of the molecule is Cc1cccc(C)c1NC(=O)OC1CCCCN1C.Cl. The average Bonchev–Trinajstić information content (AvgIpc) is 2.37. The van der Waals surface area contributed by atoms with Crippen molar-refractivity contribution in [3.63, 3.8) is 0 Å². The van der Waals surface area contributed by atoms with Crippen LogP contribution in [0.1, 0.15) is 30.4 Å². The van der Waals surface area contributed by atoms with Gasteiger partial charge in [0.15, 0.2) is 6.23 Å². The normalized spacial score (nSPS) is 19.1. The largest absolute Gasteiger partial charge is 0.430 e. The van der Waals surface area contributed by atoms with E-state index in [0.29, 0.717) is 0 Å². The molecule has 20 heavy (non-hydrogen) atoms. The molecular weight excluding hydrogens is 276 g/mol. The fourth-order valence-electron chi connectivity index (χ4n) is 2.46. The van der Waals surface area contributed by atoms with E-state index in [1.54, 1.807) is 0 Å². The van der Waals surface area contributed by atoms with E-state index in [0.717, 1.165) is 36.2 Å². The maximum atomic E-state index is 12.0. The summed E-state index contributed by atoms with van der Waals surface area (Å²) in [5.41, 5.74) is 2.95. The first kappa shape index (κ1) is 16.8. The number of carbonyl (C=O) groups excluding carboxylic acids is 1. The number of halogens is 1. The number of carbonyl (C=O) groups is 1. The van der Waals surface area contributed by atoms with Crippen molar-refractivity contribution in [1.82, 2.24) is 4.90 Å². The van der Waals surface area contributed by atoms with Gasteiger partial charge in [0.05, 0.1) is 0 Å². The molecule has 4 nitrogen and oxygen atoms in total. The predicted octanol–water partition coefficient (Wildman–Crippen LogP) is 3.72. The molecule has 1 aliphatic heterocycles. The Morgan fingerprint density at radius 1 is 1.30 bits per heavy atom. The second-order valence-corrected chi connectivity index (χ2v) is 5.23. The fourth-order valence-corrected chi connectivity index (χ4v) is 2.46. The van der Waals surface area contributed by atoms with Gasteiger partial charge >= 0.3 is 6.09 Å². The van der Waals surface area contributed by atoms with E-state index in [9.17, 15) is 4.79 Å². The average molecular weight is 299 g/mol. The highest BCUT2D eigenvalue weighted by molar-refractivity contribution is 5.86. The van der Waals surface area contributed by atoms with Crippen molar-refractivity contribution in [2.75, 3.05) is 18.9 Å². The third kappa shape index (κ3) is 4.12. The Balaban J connectivity index is 0.00000200. The molecule has 1 unspecified atom stereocenters. The van der Waals surface area contributed by atoms with Crippen molar-refractivity contribution in [3.05, 3.63) is 29.3 Å². The van der Waals surface area contributed by atoms with Gasteiger partial charge in [-0.2, -0.15) is 0 Å². The summed E-state index contributed by atoms with van der Waals surface area (Å²) < 4.78 is 5.49. The summed E-state index contributed by atoms with van der Waals surface area (Å²) in [7, 11) is 2.00. The van der Waals surface area contributed by atoms with E-state index in [4.69, 9.17) is 4.74 Å². The summed E-state index contributed by atoms with van der Waals surface area (Å²) >= 11 is 0. The summed E-state index contributed by atoms with van der Waals surface area (Å²) in [6.07, 6.45) is 2.74. The molecule has 1 aromatic rings. The van der Waals surface area contributed by atoms with Crippen LogP contribution in [0, 0.1) is 13.8 Å². The Hall–Kier alpha value is -1.26.